The van der Waals surface area contributed by atoms with Crippen molar-refractivity contribution in [3.63, 3.8) is 0 Å². The zero-order valence-corrected chi connectivity index (χ0v) is 19.3. The number of hydrogen-bond donors (Lipinski definition) is 1. The van der Waals surface area contributed by atoms with Gasteiger partial charge >= 0.3 is 0 Å². The van der Waals surface area contributed by atoms with Crippen molar-refractivity contribution >= 4 is 35.2 Å². The average Bonchev–Trinajstić information content (AvgIpc) is 2.75. The van der Waals surface area contributed by atoms with Gasteiger partial charge in [-0.3, -0.25) is 9.59 Å². The van der Waals surface area contributed by atoms with Crippen LogP contribution in [-0.2, 0) is 21.9 Å². The maximum atomic E-state index is 13.1. The van der Waals surface area contributed by atoms with Crippen LogP contribution in [0.15, 0.2) is 54.6 Å². The summed E-state index contributed by atoms with van der Waals surface area (Å²) in [4.78, 5) is 27.7. The van der Waals surface area contributed by atoms with Gasteiger partial charge in [0.25, 0.3) is 0 Å². The molecule has 0 saturated heterocycles. The molecule has 0 saturated carbocycles. The molecule has 0 aliphatic carbocycles. The summed E-state index contributed by atoms with van der Waals surface area (Å²) in [6, 6.07) is 17.0. The van der Waals surface area contributed by atoms with Crippen LogP contribution in [0.2, 0.25) is 5.02 Å². The molecule has 2 rings (SSSR count). The van der Waals surface area contributed by atoms with E-state index in [0.29, 0.717) is 36.0 Å². The molecule has 2 amide bonds. The summed E-state index contributed by atoms with van der Waals surface area (Å²) >= 11 is 7.74. The van der Waals surface area contributed by atoms with Crippen molar-refractivity contribution in [2.75, 3.05) is 12.3 Å². The van der Waals surface area contributed by atoms with Crippen molar-refractivity contribution in [1.29, 1.82) is 0 Å². The van der Waals surface area contributed by atoms with Gasteiger partial charge in [-0.1, -0.05) is 80.4 Å². The molecule has 0 spiro atoms. The summed E-state index contributed by atoms with van der Waals surface area (Å²) in [5.41, 5.74) is 2.03. The van der Waals surface area contributed by atoms with Crippen LogP contribution >= 0.6 is 23.4 Å². The van der Waals surface area contributed by atoms with Crippen molar-refractivity contribution in [3.05, 3.63) is 70.7 Å². The lowest BCUT2D eigenvalue weighted by atomic mass is 10.1. The van der Waals surface area contributed by atoms with Crippen LogP contribution in [0.3, 0.4) is 0 Å². The van der Waals surface area contributed by atoms with Gasteiger partial charge in [0.1, 0.15) is 6.04 Å². The minimum Gasteiger partial charge on any atom is -0.354 e. The summed E-state index contributed by atoms with van der Waals surface area (Å²) in [5.74, 6) is 0.848. The molecule has 0 aliphatic heterocycles. The fourth-order valence-corrected chi connectivity index (χ4v) is 4.35. The van der Waals surface area contributed by atoms with E-state index in [1.807, 2.05) is 61.5 Å². The van der Waals surface area contributed by atoms with E-state index in [9.17, 15) is 9.59 Å². The van der Waals surface area contributed by atoms with E-state index in [1.54, 1.807) is 4.90 Å². The molecule has 6 heteroatoms. The summed E-state index contributed by atoms with van der Waals surface area (Å²) < 4.78 is 0. The lowest BCUT2D eigenvalue weighted by Gasteiger charge is -2.30. The number of carbonyl (C=O) groups excluding carboxylic acids is 2. The summed E-state index contributed by atoms with van der Waals surface area (Å²) in [5, 5.41) is 3.70. The first-order chi connectivity index (χ1) is 14.6. The molecular weight excluding hydrogens is 416 g/mol. The van der Waals surface area contributed by atoms with Gasteiger partial charge in [-0.05, 0) is 30.0 Å². The molecule has 0 radical (unpaired) electrons. The molecule has 1 N–H and O–H groups in total. The predicted molar refractivity (Wildman–Crippen MR) is 127 cm³/mol. The molecule has 2 aromatic rings. The Morgan fingerprint density at radius 3 is 2.43 bits per heavy atom. The quantitative estimate of drug-likeness (QED) is 0.450. The molecule has 2 aromatic carbocycles. The Balaban J connectivity index is 2.07. The normalized spacial score (nSPS) is 11.7. The number of unbranched alkanes of at least 4 members (excludes halogenated alkanes) is 1. The molecule has 30 heavy (non-hydrogen) atoms. The van der Waals surface area contributed by atoms with E-state index in [0.717, 1.165) is 24.0 Å². The maximum Gasteiger partial charge on any atom is 0.242 e. The standard InChI is InChI=1S/C24H31ClN2O2S/c1-3-5-15-26-24(29)22(4-2)27(16-19-11-7-6-8-12-19)23(28)18-30-17-20-13-9-10-14-21(20)25/h6-14,22H,3-5,15-18H2,1-2H3,(H,26,29). The molecule has 0 bridgehead atoms. The third-order valence-electron chi connectivity index (χ3n) is 4.85. The maximum absolute atomic E-state index is 13.1. The zero-order valence-electron chi connectivity index (χ0n) is 17.8. The largest absolute Gasteiger partial charge is 0.354 e. The summed E-state index contributed by atoms with van der Waals surface area (Å²) in [6.07, 6.45) is 2.52. The Morgan fingerprint density at radius 1 is 1.07 bits per heavy atom. The van der Waals surface area contributed by atoms with E-state index in [2.05, 4.69) is 12.2 Å². The van der Waals surface area contributed by atoms with Gasteiger partial charge in [0.05, 0.1) is 5.75 Å². The second-order valence-corrected chi connectivity index (χ2v) is 8.55. The minimum absolute atomic E-state index is 0.0339. The highest BCUT2D eigenvalue weighted by Gasteiger charge is 2.28. The van der Waals surface area contributed by atoms with Gasteiger partial charge in [-0.15, -0.1) is 11.8 Å². The highest BCUT2D eigenvalue weighted by molar-refractivity contribution is 7.99. The molecule has 1 unspecified atom stereocenters. The number of thioether (sulfide) groups is 1. The van der Waals surface area contributed by atoms with Crippen molar-refractivity contribution in [2.24, 2.45) is 0 Å². The van der Waals surface area contributed by atoms with E-state index < -0.39 is 6.04 Å². The van der Waals surface area contributed by atoms with Crippen LogP contribution in [0.1, 0.15) is 44.2 Å². The molecule has 1 atom stereocenters. The number of nitrogens with one attached hydrogen (secondary N) is 1. The number of hydrogen-bond acceptors (Lipinski definition) is 3. The van der Waals surface area contributed by atoms with Gasteiger partial charge in [-0.25, -0.2) is 0 Å². The first kappa shape index (κ1) is 24.3. The third-order valence-corrected chi connectivity index (χ3v) is 6.19. The molecule has 0 aliphatic rings. The Bertz CT molecular complexity index is 801. The van der Waals surface area contributed by atoms with Crippen LogP contribution in [0, 0.1) is 0 Å². The van der Waals surface area contributed by atoms with Crippen molar-refractivity contribution < 1.29 is 9.59 Å². The van der Waals surface area contributed by atoms with E-state index in [-0.39, 0.29) is 11.8 Å². The SMILES string of the molecule is CCCCNC(=O)C(CC)N(Cc1ccccc1)C(=O)CSCc1ccccc1Cl. The molecule has 0 aromatic heterocycles. The summed E-state index contributed by atoms with van der Waals surface area (Å²) in [6.45, 7) is 5.10. The fraction of sp³-hybridized carbons (Fsp3) is 0.417. The number of carbonyl (C=O) groups is 2. The highest BCUT2D eigenvalue weighted by atomic mass is 35.5. The topological polar surface area (TPSA) is 49.4 Å². The Morgan fingerprint density at radius 2 is 1.77 bits per heavy atom. The van der Waals surface area contributed by atoms with Crippen LogP contribution in [0.5, 0.6) is 0 Å². The second-order valence-electron chi connectivity index (χ2n) is 7.16. The van der Waals surface area contributed by atoms with E-state index >= 15 is 0 Å². The smallest absolute Gasteiger partial charge is 0.242 e. The van der Waals surface area contributed by atoms with Gasteiger partial charge in [-0.2, -0.15) is 0 Å². The van der Waals surface area contributed by atoms with Crippen LogP contribution in [0.4, 0.5) is 0 Å². The Hall–Kier alpha value is -1.98. The lowest BCUT2D eigenvalue weighted by molar-refractivity contribution is -0.139. The van der Waals surface area contributed by atoms with E-state index in [1.165, 1.54) is 11.8 Å². The number of amides is 2. The van der Waals surface area contributed by atoms with E-state index in [4.69, 9.17) is 11.6 Å². The minimum atomic E-state index is -0.476. The fourth-order valence-electron chi connectivity index (χ4n) is 3.15. The van der Waals surface area contributed by atoms with Crippen LogP contribution in [-0.4, -0.2) is 35.1 Å². The Labute approximate surface area is 189 Å². The van der Waals surface area contributed by atoms with Gasteiger partial charge in [0.2, 0.25) is 11.8 Å². The first-order valence-electron chi connectivity index (χ1n) is 10.5. The van der Waals surface area contributed by atoms with Gasteiger partial charge in [0, 0.05) is 23.9 Å². The van der Waals surface area contributed by atoms with Crippen molar-refractivity contribution in [2.45, 2.75) is 51.4 Å². The number of nitrogens with zero attached hydrogens (tertiary/aromatic N) is 1. The number of benzene rings is 2. The first-order valence-corrected chi connectivity index (χ1v) is 12.0. The molecule has 0 heterocycles. The van der Waals surface area contributed by atoms with Crippen molar-refractivity contribution in [1.82, 2.24) is 10.2 Å². The van der Waals surface area contributed by atoms with Crippen LogP contribution in [0.25, 0.3) is 0 Å². The van der Waals surface area contributed by atoms with Crippen LogP contribution < -0.4 is 5.32 Å². The predicted octanol–water partition coefficient (Wildman–Crippen LogP) is 5.30. The second kappa shape index (κ2) is 13.3. The third kappa shape index (κ3) is 7.69. The monoisotopic (exact) mass is 446 g/mol. The van der Waals surface area contributed by atoms with Crippen molar-refractivity contribution in [3.8, 4) is 0 Å². The Kier molecular flexibility index (Phi) is 10.8. The highest BCUT2D eigenvalue weighted by Crippen LogP contribution is 2.22. The van der Waals surface area contributed by atoms with Gasteiger partial charge in [0.15, 0.2) is 0 Å². The number of rotatable bonds is 12. The zero-order chi connectivity index (χ0) is 21.8. The number of halogens is 1. The molecule has 0 fully saturated rings. The summed E-state index contributed by atoms with van der Waals surface area (Å²) in [7, 11) is 0. The molecule has 162 valence electrons. The molecular formula is C24H31ClN2O2S. The average molecular weight is 447 g/mol. The van der Waals surface area contributed by atoms with Gasteiger partial charge < -0.3 is 10.2 Å². The lowest BCUT2D eigenvalue weighted by Crippen LogP contribution is -2.49. The molecule has 4 nitrogen and oxygen atoms in total.